The van der Waals surface area contributed by atoms with Gasteiger partial charge in [-0.15, -0.1) is 0 Å². The molecule has 4 N–H and O–H groups in total. The second kappa shape index (κ2) is 6.83. The van der Waals surface area contributed by atoms with E-state index in [4.69, 9.17) is 16.2 Å². The van der Waals surface area contributed by atoms with Gasteiger partial charge in [0.1, 0.15) is 11.9 Å². The standard InChI is InChI=1S/C13H23N5O2/c1-2-3-10-8-11(13(15)19)18(16-10)5-4-17-6-7-20-12(14)9-17/h8,12H,2-7,9,14H2,1H3,(H2,15,19). The van der Waals surface area contributed by atoms with Crippen molar-refractivity contribution in [2.45, 2.75) is 32.5 Å². The Kier molecular flexibility index (Phi) is 5.11. The van der Waals surface area contributed by atoms with Gasteiger partial charge in [0.2, 0.25) is 0 Å². The number of ether oxygens (including phenoxy) is 1. The van der Waals surface area contributed by atoms with Crippen molar-refractivity contribution >= 4 is 5.91 Å². The number of morpholine rings is 1. The Morgan fingerprint density at radius 2 is 2.35 bits per heavy atom. The van der Waals surface area contributed by atoms with E-state index in [1.54, 1.807) is 10.7 Å². The Bertz CT molecular complexity index is 460. The summed E-state index contributed by atoms with van der Waals surface area (Å²) < 4.78 is 7.00. The van der Waals surface area contributed by atoms with Gasteiger partial charge < -0.3 is 16.2 Å². The minimum atomic E-state index is -0.432. The molecule has 0 radical (unpaired) electrons. The number of hydrogen-bond donors (Lipinski definition) is 2. The number of aromatic nitrogens is 2. The molecule has 1 aliphatic heterocycles. The number of nitrogens with two attached hydrogens (primary N) is 2. The molecule has 7 heteroatoms. The van der Waals surface area contributed by atoms with Gasteiger partial charge in [0.25, 0.3) is 5.91 Å². The summed E-state index contributed by atoms with van der Waals surface area (Å²) in [5.74, 6) is -0.432. The third-order valence-electron chi connectivity index (χ3n) is 3.39. The molecule has 0 aromatic carbocycles. The molecule has 2 rings (SSSR count). The zero-order chi connectivity index (χ0) is 14.5. The lowest BCUT2D eigenvalue weighted by Gasteiger charge is -2.30. The summed E-state index contributed by atoms with van der Waals surface area (Å²) in [5.41, 5.74) is 12.6. The molecule has 0 bridgehead atoms. The van der Waals surface area contributed by atoms with Gasteiger partial charge in [-0.25, -0.2) is 0 Å². The number of amides is 1. The minimum absolute atomic E-state index is 0.229. The molecule has 1 unspecified atom stereocenters. The first-order valence-electron chi connectivity index (χ1n) is 7.06. The van der Waals surface area contributed by atoms with Crippen LogP contribution in [0.4, 0.5) is 0 Å². The number of aryl methyl sites for hydroxylation is 1. The van der Waals surface area contributed by atoms with Crippen LogP contribution in [-0.2, 0) is 17.7 Å². The fourth-order valence-corrected chi connectivity index (χ4v) is 2.39. The quantitative estimate of drug-likeness (QED) is 0.736. The van der Waals surface area contributed by atoms with E-state index in [9.17, 15) is 4.79 Å². The van der Waals surface area contributed by atoms with Crippen molar-refractivity contribution in [3.8, 4) is 0 Å². The first kappa shape index (κ1) is 15.0. The summed E-state index contributed by atoms with van der Waals surface area (Å²) in [7, 11) is 0. The monoisotopic (exact) mass is 281 g/mol. The van der Waals surface area contributed by atoms with E-state index in [1.807, 2.05) is 0 Å². The molecule has 1 amide bonds. The van der Waals surface area contributed by atoms with Gasteiger partial charge in [-0.3, -0.25) is 14.4 Å². The van der Waals surface area contributed by atoms with E-state index in [-0.39, 0.29) is 6.23 Å². The largest absolute Gasteiger partial charge is 0.364 e. The fraction of sp³-hybridized carbons (Fsp3) is 0.692. The lowest BCUT2D eigenvalue weighted by molar-refractivity contribution is -0.0258. The highest BCUT2D eigenvalue weighted by Gasteiger charge is 2.18. The first-order valence-corrected chi connectivity index (χ1v) is 7.06. The Labute approximate surface area is 118 Å². The van der Waals surface area contributed by atoms with Crippen molar-refractivity contribution in [1.29, 1.82) is 0 Å². The van der Waals surface area contributed by atoms with Crippen LogP contribution in [-0.4, -0.2) is 53.1 Å². The fourth-order valence-electron chi connectivity index (χ4n) is 2.39. The Balaban J connectivity index is 1.98. The van der Waals surface area contributed by atoms with Crippen molar-refractivity contribution in [2.75, 3.05) is 26.2 Å². The normalized spacial score (nSPS) is 20.2. The van der Waals surface area contributed by atoms with Crippen LogP contribution in [0.15, 0.2) is 6.07 Å². The van der Waals surface area contributed by atoms with Gasteiger partial charge in [-0.2, -0.15) is 5.10 Å². The maximum absolute atomic E-state index is 11.5. The van der Waals surface area contributed by atoms with E-state index in [2.05, 4.69) is 16.9 Å². The lowest BCUT2D eigenvalue weighted by Crippen LogP contribution is -2.47. The molecule has 1 fully saturated rings. The highest BCUT2D eigenvalue weighted by Crippen LogP contribution is 2.08. The van der Waals surface area contributed by atoms with Crippen LogP contribution in [0.25, 0.3) is 0 Å². The molecule has 2 heterocycles. The van der Waals surface area contributed by atoms with Crippen molar-refractivity contribution in [2.24, 2.45) is 11.5 Å². The lowest BCUT2D eigenvalue weighted by atomic mass is 10.2. The third-order valence-corrected chi connectivity index (χ3v) is 3.39. The first-order chi connectivity index (χ1) is 9.60. The van der Waals surface area contributed by atoms with Gasteiger partial charge >= 0.3 is 0 Å². The zero-order valence-corrected chi connectivity index (χ0v) is 11.9. The van der Waals surface area contributed by atoms with Crippen molar-refractivity contribution in [1.82, 2.24) is 14.7 Å². The maximum atomic E-state index is 11.5. The van der Waals surface area contributed by atoms with Crippen LogP contribution in [0, 0.1) is 0 Å². The molecule has 1 aliphatic rings. The predicted molar refractivity (Wildman–Crippen MR) is 75.1 cm³/mol. The minimum Gasteiger partial charge on any atom is -0.364 e. The van der Waals surface area contributed by atoms with Gasteiger partial charge in [0, 0.05) is 19.6 Å². The van der Waals surface area contributed by atoms with Crippen LogP contribution >= 0.6 is 0 Å². The maximum Gasteiger partial charge on any atom is 0.266 e. The highest BCUT2D eigenvalue weighted by molar-refractivity contribution is 5.91. The van der Waals surface area contributed by atoms with E-state index in [0.717, 1.165) is 31.6 Å². The second-order valence-electron chi connectivity index (χ2n) is 5.07. The van der Waals surface area contributed by atoms with Crippen LogP contribution in [0.3, 0.4) is 0 Å². The highest BCUT2D eigenvalue weighted by atomic mass is 16.5. The topological polar surface area (TPSA) is 99.4 Å². The number of carbonyl (C=O) groups excluding carboxylic acids is 1. The number of primary amides is 1. The molecular weight excluding hydrogens is 258 g/mol. The van der Waals surface area contributed by atoms with Crippen molar-refractivity contribution in [3.63, 3.8) is 0 Å². The number of nitrogens with zero attached hydrogens (tertiary/aromatic N) is 3. The number of carbonyl (C=O) groups is 1. The summed E-state index contributed by atoms with van der Waals surface area (Å²) in [5, 5.41) is 4.45. The molecule has 0 aliphatic carbocycles. The Morgan fingerprint density at radius 3 is 3.00 bits per heavy atom. The molecule has 7 nitrogen and oxygen atoms in total. The Hall–Kier alpha value is -1.44. The molecule has 0 spiro atoms. The molecule has 20 heavy (non-hydrogen) atoms. The van der Waals surface area contributed by atoms with E-state index >= 15 is 0 Å². The van der Waals surface area contributed by atoms with Crippen LogP contribution in [0.1, 0.15) is 29.5 Å². The predicted octanol–water partition coefficient (Wildman–Crippen LogP) is -0.448. The summed E-state index contributed by atoms with van der Waals surface area (Å²) in [6.07, 6.45) is 1.62. The molecule has 1 aromatic heterocycles. The van der Waals surface area contributed by atoms with Crippen molar-refractivity contribution < 1.29 is 9.53 Å². The SMILES string of the molecule is CCCc1cc(C(N)=O)n(CCN2CCOC(N)C2)n1. The zero-order valence-electron chi connectivity index (χ0n) is 11.9. The molecule has 0 saturated carbocycles. The third kappa shape index (κ3) is 3.78. The second-order valence-corrected chi connectivity index (χ2v) is 5.07. The number of hydrogen-bond acceptors (Lipinski definition) is 5. The molecule has 1 atom stereocenters. The number of rotatable bonds is 6. The summed E-state index contributed by atoms with van der Waals surface area (Å²) in [6, 6.07) is 1.79. The average molecular weight is 281 g/mol. The molecule has 1 saturated heterocycles. The van der Waals surface area contributed by atoms with Crippen LogP contribution in [0.5, 0.6) is 0 Å². The average Bonchev–Trinajstić information content (AvgIpc) is 2.80. The smallest absolute Gasteiger partial charge is 0.266 e. The van der Waals surface area contributed by atoms with Crippen molar-refractivity contribution in [3.05, 3.63) is 17.5 Å². The molecular formula is C13H23N5O2. The van der Waals surface area contributed by atoms with E-state index in [1.165, 1.54) is 0 Å². The van der Waals surface area contributed by atoms with E-state index < -0.39 is 5.91 Å². The van der Waals surface area contributed by atoms with Gasteiger partial charge in [-0.1, -0.05) is 13.3 Å². The molecule has 112 valence electrons. The summed E-state index contributed by atoms with van der Waals surface area (Å²) in [6.45, 7) is 5.69. The summed E-state index contributed by atoms with van der Waals surface area (Å²) >= 11 is 0. The molecule has 1 aromatic rings. The van der Waals surface area contributed by atoms with Crippen LogP contribution < -0.4 is 11.5 Å². The van der Waals surface area contributed by atoms with Gasteiger partial charge in [-0.05, 0) is 12.5 Å². The van der Waals surface area contributed by atoms with Crippen LogP contribution in [0.2, 0.25) is 0 Å². The van der Waals surface area contributed by atoms with Gasteiger partial charge in [0.05, 0.1) is 18.8 Å². The van der Waals surface area contributed by atoms with E-state index in [0.29, 0.717) is 25.4 Å². The van der Waals surface area contributed by atoms with Gasteiger partial charge in [0.15, 0.2) is 0 Å². The summed E-state index contributed by atoms with van der Waals surface area (Å²) in [4.78, 5) is 13.7. The Morgan fingerprint density at radius 1 is 1.55 bits per heavy atom.